The second-order valence-corrected chi connectivity index (χ2v) is 3.99. The van der Waals surface area contributed by atoms with E-state index in [4.69, 9.17) is 10.5 Å². The van der Waals surface area contributed by atoms with Gasteiger partial charge in [0.05, 0.1) is 6.61 Å². The Morgan fingerprint density at radius 1 is 1.50 bits per heavy atom. The third-order valence-corrected chi connectivity index (χ3v) is 2.60. The van der Waals surface area contributed by atoms with Crippen LogP contribution in [-0.2, 0) is 9.53 Å². The smallest absolute Gasteiger partial charge is 0.243 e. The van der Waals surface area contributed by atoms with Crippen molar-refractivity contribution in [3.63, 3.8) is 0 Å². The monoisotopic (exact) mass is 252 g/mol. The average Bonchev–Trinajstić information content (AvgIpc) is 2.35. The summed E-state index contributed by atoms with van der Waals surface area (Å²) in [5.41, 5.74) is 5.82. The maximum absolute atomic E-state index is 10.5. The Bertz CT molecular complexity index is 382. The molecule has 0 heterocycles. The van der Waals surface area contributed by atoms with Gasteiger partial charge in [-0.2, -0.15) is 0 Å². The quantitative estimate of drug-likeness (QED) is 0.601. The van der Waals surface area contributed by atoms with E-state index in [2.05, 4.69) is 5.32 Å². The highest BCUT2D eigenvalue weighted by molar-refractivity contribution is 5.74. The first-order chi connectivity index (χ1) is 8.65. The molecule has 1 aromatic rings. The van der Waals surface area contributed by atoms with Crippen molar-refractivity contribution < 1.29 is 14.6 Å². The fourth-order valence-electron chi connectivity index (χ4n) is 1.73. The molecule has 1 amide bonds. The first-order valence-electron chi connectivity index (χ1n) is 6.02. The van der Waals surface area contributed by atoms with Crippen LogP contribution < -0.4 is 11.1 Å². The fourth-order valence-corrected chi connectivity index (χ4v) is 1.73. The van der Waals surface area contributed by atoms with Crippen LogP contribution in [0.3, 0.4) is 0 Å². The van der Waals surface area contributed by atoms with E-state index in [-0.39, 0.29) is 18.4 Å². The van der Waals surface area contributed by atoms with Gasteiger partial charge in [0, 0.05) is 18.2 Å². The van der Waals surface area contributed by atoms with Gasteiger partial charge in [-0.1, -0.05) is 25.1 Å². The number of phenolic OH excluding ortho intramolecular Hbond substituents is 1. The summed E-state index contributed by atoms with van der Waals surface area (Å²) in [5, 5.41) is 13.0. The molecular weight excluding hydrogens is 232 g/mol. The number of aromatic hydroxyl groups is 1. The third-order valence-electron chi connectivity index (χ3n) is 2.60. The van der Waals surface area contributed by atoms with E-state index in [0.29, 0.717) is 13.2 Å². The number of nitrogens with one attached hydrogen (secondary N) is 1. The highest BCUT2D eigenvalue weighted by Crippen LogP contribution is 2.25. The zero-order valence-electron chi connectivity index (χ0n) is 10.6. The molecule has 0 spiro atoms. The Hall–Kier alpha value is -1.59. The minimum Gasteiger partial charge on any atom is -0.508 e. The van der Waals surface area contributed by atoms with Crippen LogP contribution in [0.15, 0.2) is 24.3 Å². The van der Waals surface area contributed by atoms with Gasteiger partial charge < -0.3 is 20.9 Å². The van der Waals surface area contributed by atoms with Gasteiger partial charge in [0.25, 0.3) is 0 Å². The van der Waals surface area contributed by atoms with Crippen LogP contribution in [0, 0.1) is 0 Å². The summed E-state index contributed by atoms with van der Waals surface area (Å²) in [5.74, 6) is -0.183. The number of benzene rings is 1. The van der Waals surface area contributed by atoms with Gasteiger partial charge in [-0.15, -0.1) is 0 Å². The molecule has 0 fully saturated rings. The van der Waals surface area contributed by atoms with E-state index in [9.17, 15) is 9.90 Å². The molecule has 0 saturated heterocycles. The highest BCUT2D eigenvalue weighted by Gasteiger charge is 2.11. The fraction of sp³-hybridized carbons (Fsp3) is 0.462. The van der Waals surface area contributed by atoms with Crippen molar-refractivity contribution in [3.8, 4) is 5.75 Å². The summed E-state index contributed by atoms with van der Waals surface area (Å²) in [4.78, 5) is 10.5. The number of carbonyl (C=O) groups is 1. The molecule has 0 aliphatic carbocycles. The Balaban J connectivity index is 2.39. The summed E-state index contributed by atoms with van der Waals surface area (Å²) >= 11 is 0. The lowest BCUT2D eigenvalue weighted by atomic mass is 10.0. The van der Waals surface area contributed by atoms with E-state index < -0.39 is 5.91 Å². The van der Waals surface area contributed by atoms with Crippen LogP contribution in [0.2, 0.25) is 0 Å². The van der Waals surface area contributed by atoms with Gasteiger partial charge >= 0.3 is 0 Å². The number of carbonyl (C=O) groups excluding carboxylic acids is 1. The van der Waals surface area contributed by atoms with E-state index >= 15 is 0 Å². The van der Waals surface area contributed by atoms with Crippen LogP contribution in [0.5, 0.6) is 5.75 Å². The van der Waals surface area contributed by atoms with Crippen molar-refractivity contribution in [2.24, 2.45) is 5.73 Å². The Morgan fingerprint density at radius 3 is 2.83 bits per heavy atom. The lowest BCUT2D eigenvalue weighted by Gasteiger charge is -2.18. The van der Waals surface area contributed by atoms with Gasteiger partial charge in [-0.3, -0.25) is 4.79 Å². The van der Waals surface area contributed by atoms with Gasteiger partial charge in [-0.25, -0.2) is 0 Å². The second kappa shape index (κ2) is 7.68. The van der Waals surface area contributed by atoms with Crippen molar-refractivity contribution in [2.45, 2.75) is 19.4 Å². The second-order valence-electron chi connectivity index (χ2n) is 3.99. The molecule has 0 aromatic heterocycles. The number of primary amides is 1. The van der Waals surface area contributed by atoms with Crippen molar-refractivity contribution in [1.29, 1.82) is 0 Å². The van der Waals surface area contributed by atoms with Gasteiger partial charge in [0.15, 0.2) is 0 Å². The van der Waals surface area contributed by atoms with Crippen molar-refractivity contribution >= 4 is 5.91 Å². The number of rotatable bonds is 8. The number of ether oxygens (including phenoxy) is 1. The molecule has 100 valence electrons. The van der Waals surface area contributed by atoms with E-state index in [1.54, 1.807) is 12.1 Å². The molecule has 5 heteroatoms. The molecule has 0 saturated carbocycles. The number of hydrogen-bond acceptors (Lipinski definition) is 4. The zero-order valence-corrected chi connectivity index (χ0v) is 10.6. The van der Waals surface area contributed by atoms with Crippen LogP contribution in [0.1, 0.15) is 24.9 Å². The molecule has 5 nitrogen and oxygen atoms in total. The largest absolute Gasteiger partial charge is 0.508 e. The van der Waals surface area contributed by atoms with Crippen LogP contribution in [-0.4, -0.2) is 30.8 Å². The number of amides is 1. The average molecular weight is 252 g/mol. The lowest BCUT2D eigenvalue weighted by molar-refractivity contribution is -0.122. The minimum absolute atomic E-state index is 0.0605. The molecule has 4 N–H and O–H groups in total. The molecular formula is C13H20N2O3. The summed E-state index contributed by atoms with van der Waals surface area (Å²) in [6.07, 6.45) is 0.855. The molecule has 18 heavy (non-hydrogen) atoms. The zero-order chi connectivity index (χ0) is 13.4. The lowest BCUT2D eigenvalue weighted by Crippen LogP contribution is -2.27. The van der Waals surface area contributed by atoms with Gasteiger partial charge in [-0.05, 0) is 12.5 Å². The first kappa shape index (κ1) is 14.5. The van der Waals surface area contributed by atoms with E-state index in [1.165, 1.54) is 0 Å². The Kier molecular flexibility index (Phi) is 6.18. The first-order valence-corrected chi connectivity index (χ1v) is 6.02. The number of phenols is 1. The van der Waals surface area contributed by atoms with E-state index in [1.807, 2.05) is 19.1 Å². The van der Waals surface area contributed by atoms with Gasteiger partial charge in [0.2, 0.25) is 5.91 Å². The normalized spacial score (nSPS) is 12.3. The van der Waals surface area contributed by atoms with Crippen molar-refractivity contribution in [1.82, 2.24) is 5.32 Å². The molecule has 0 bridgehead atoms. The van der Waals surface area contributed by atoms with Crippen LogP contribution in [0.4, 0.5) is 0 Å². The molecule has 1 atom stereocenters. The number of nitrogens with two attached hydrogens (primary N) is 1. The summed E-state index contributed by atoms with van der Waals surface area (Å²) in [6, 6.07) is 7.32. The maximum atomic E-state index is 10.5. The molecule has 1 unspecified atom stereocenters. The number of hydrogen-bond donors (Lipinski definition) is 3. The predicted octanol–water partition coefficient (Wildman–Crippen LogP) is 0.935. The number of para-hydroxylation sites is 1. The van der Waals surface area contributed by atoms with Gasteiger partial charge in [0.1, 0.15) is 12.4 Å². The van der Waals surface area contributed by atoms with E-state index in [0.717, 1.165) is 12.0 Å². The molecule has 0 aliphatic heterocycles. The van der Waals surface area contributed by atoms with Crippen LogP contribution >= 0.6 is 0 Å². The van der Waals surface area contributed by atoms with Crippen molar-refractivity contribution in [2.75, 3.05) is 19.8 Å². The SMILES string of the molecule is CCC(NCCOCC(N)=O)c1ccccc1O. The standard InChI is InChI=1S/C13H20N2O3/c1-2-11(10-5-3-4-6-12(10)16)15-7-8-18-9-13(14)17/h3-6,11,15-16H,2,7-9H2,1H3,(H2,14,17). The van der Waals surface area contributed by atoms with Crippen LogP contribution in [0.25, 0.3) is 0 Å². The topological polar surface area (TPSA) is 84.6 Å². The predicted molar refractivity (Wildman–Crippen MR) is 69.2 cm³/mol. The summed E-state index contributed by atoms with van der Waals surface area (Å²) in [7, 11) is 0. The highest BCUT2D eigenvalue weighted by atomic mass is 16.5. The third kappa shape index (κ3) is 4.73. The van der Waals surface area contributed by atoms with Crippen molar-refractivity contribution in [3.05, 3.63) is 29.8 Å². The minimum atomic E-state index is -0.470. The molecule has 0 aliphatic rings. The summed E-state index contributed by atoms with van der Waals surface area (Å²) in [6.45, 7) is 2.98. The molecule has 1 aromatic carbocycles. The Morgan fingerprint density at radius 2 is 2.22 bits per heavy atom. The molecule has 0 radical (unpaired) electrons. The molecule has 1 rings (SSSR count). The maximum Gasteiger partial charge on any atom is 0.243 e. The Labute approximate surface area is 107 Å². The summed E-state index contributed by atoms with van der Waals surface area (Å²) < 4.78 is 5.06.